The highest BCUT2D eigenvalue weighted by atomic mass is 32.1. The van der Waals surface area contributed by atoms with Crippen LogP contribution >= 0.6 is 11.3 Å². The second-order valence-electron chi connectivity index (χ2n) is 4.40. The Bertz CT molecular complexity index is 665. The molecule has 0 saturated heterocycles. The van der Waals surface area contributed by atoms with E-state index in [1.807, 2.05) is 17.5 Å². The van der Waals surface area contributed by atoms with Gasteiger partial charge < -0.3 is 11.1 Å². The Morgan fingerprint density at radius 3 is 2.68 bits per heavy atom. The molecule has 2 rings (SSSR count). The van der Waals surface area contributed by atoms with Crippen LogP contribution in [0.1, 0.15) is 4.88 Å². The SMILES string of the molecule is C=C(NCc1cccs1)C(=O)N(/C=C\N)c1ccc(F)cc1. The zero-order chi connectivity index (χ0) is 15.9. The zero-order valence-corrected chi connectivity index (χ0v) is 12.6. The highest BCUT2D eigenvalue weighted by Crippen LogP contribution is 2.17. The van der Waals surface area contributed by atoms with E-state index in [0.717, 1.165) is 4.88 Å². The summed E-state index contributed by atoms with van der Waals surface area (Å²) in [4.78, 5) is 14.8. The third-order valence-electron chi connectivity index (χ3n) is 2.87. The molecule has 0 atom stereocenters. The van der Waals surface area contributed by atoms with Crippen LogP contribution in [0.15, 0.2) is 66.5 Å². The fourth-order valence-corrected chi connectivity index (χ4v) is 2.43. The summed E-state index contributed by atoms with van der Waals surface area (Å²) < 4.78 is 13.0. The van der Waals surface area contributed by atoms with E-state index in [4.69, 9.17) is 5.73 Å². The van der Waals surface area contributed by atoms with Gasteiger partial charge in [0.25, 0.3) is 5.91 Å². The van der Waals surface area contributed by atoms with E-state index in [1.165, 1.54) is 41.6 Å². The molecule has 6 heteroatoms. The minimum atomic E-state index is -0.373. The molecule has 1 amide bonds. The Kier molecular flexibility index (Phi) is 5.32. The Morgan fingerprint density at radius 2 is 2.09 bits per heavy atom. The number of nitrogens with one attached hydrogen (secondary N) is 1. The average Bonchev–Trinajstić information content (AvgIpc) is 3.04. The van der Waals surface area contributed by atoms with Crippen LogP contribution in [0.4, 0.5) is 10.1 Å². The highest BCUT2D eigenvalue weighted by molar-refractivity contribution is 7.09. The van der Waals surface area contributed by atoms with Crippen molar-refractivity contribution in [2.45, 2.75) is 6.54 Å². The first kappa shape index (κ1) is 15.8. The molecule has 0 unspecified atom stereocenters. The summed E-state index contributed by atoms with van der Waals surface area (Å²) in [5.41, 5.74) is 6.13. The lowest BCUT2D eigenvalue weighted by molar-refractivity contribution is -0.114. The number of carbonyl (C=O) groups is 1. The van der Waals surface area contributed by atoms with Crippen molar-refractivity contribution >= 4 is 22.9 Å². The van der Waals surface area contributed by atoms with Gasteiger partial charge in [0.05, 0.1) is 5.70 Å². The van der Waals surface area contributed by atoms with Crippen LogP contribution in [0.5, 0.6) is 0 Å². The van der Waals surface area contributed by atoms with E-state index in [2.05, 4.69) is 11.9 Å². The normalized spacial score (nSPS) is 10.6. The number of hydrogen-bond acceptors (Lipinski definition) is 4. The van der Waals surface area contributed by atoms with Crippen molar-refractivity contribution in [1.82, 2.24) is 5.32 Å². The van der Waals surface area contributed by atoms with Gasteiger partial charge in [-0.3, -0.25) is 9.69 Å². The van der Waals surface area contributed by atoms with Crippen molar-refractivity contribution in [2.24, 2.45) is 5.73 Å². The topological polar surface area (TPSA) is 58.4 Å². The molecule has 0 saturated carbocycles. The molecule has 0 aliphatic rings. The number of benzene rings is 1. The summed E-state index contributed by atoms with van der Waals surface area (Å²) >= 11 is 1.59. The molecule has 1 aromatic heterocycles. The molecule has 0 aliphatic carbocycles. The smallest absolute Gasteiger partial charge is 0.277 e. The first-order chi connectivity index (χ1) is 10.6. The third kappa shape index (κ3) is 3.95. The van der Waals surface area contributed by atoms with Crippen LogP contribution in [-0.4, -0.2) is 5.91 Å². The van der Waals surface area contributed by atoms with Crippen molar-refractivity contribution in [3.8, 4) is 0 Å². The van der Waals surface area contributed by atoms with Gasteiger partial charge in [0.15, 0.2) is 0 Å². The van der Waals surface area contributed by atoms with Gasteiger partial charge in [0.1, 0.15) is 5.82 Å². The monoisotopic (exact) mass is 317 g/mol. The molecular weight excluding hydrogens is 301 g/mol. The maximum absolute atomic E-state index is 13.0. The van der Waals surface area contributed by atoms with Crippen molar-refractivity contribution in [3.05, 3.63) is 77.1 Å². The van der Waals surface area contributed by atoms with E-state index in [1.54, 1.807) is 11.3 Å². The fourth-order valence-electron chi connectivity index (χ4n) is 1.79. The molecule has 0 bridgehead atoms. The van der Waals surface area contributed by atoms with Gasteiger partial charge in [0, 0.05) is 29.5 Å². The quantitative estimate of drug-likeness (QED) is 0.805. The molecule has 1 aromatic carbocycles. The van der Waals surface area contributed by atoms with Gasteiger partial charge in [-0.15, -0.1) is 11.3 Å². The molecular formula is C16H16FN3OS. The first-order valence-corrected chi connectivity index (χ1v) is 7.42. The molecule has 3 N–H and O–H groups in total. The minimum absolute atomic E-state index is 0.232. The lowest BCUT2D eigenvalue weighted by atomic mass is 10.2. The standard InChI is InChI=1S/C16H16FN3OS/c1-12(19-11-15-3-2-10-22-15)16(21)20(9-8-18)14-6-4-13(17)5-7-14/h2-10,19H,1,11,18H2/b9-8-. The molecule has 2 aromatic rings. The molecule has 0 radical (unpaired) electrons. The summed E-state index contributed by atoms with van der Waals surface area (Å²) in [6.45, 7) is 4.27. The molecule has 4 nitrogen and oxygen atoms in total. The molecule has 1 heterocycles. The number of anilines is 1. The van der Waals surface area contributed by atoms with Gasteiger partial charge in [-0.05, 0) is 35.7 Å². The fraction of sp³-hybridized carbons (Fsp3) is 0.0625. The van der Waals surface area contributed by atoms with Crippen molar-refractivity contribution in [2.75, 3.05) is 4.90 Å². The number of hydrogen-bond donors (Lipinski definition) is 2. The van der Waals surface area contributed by atoms with Gasteiger partial charge in [-0.25, -0.2) is 4.39 Å². The number of halogens is 1. The van der Waals surface area contributed by atoms with Gasteiger partial charge in [0.2, 0.25) is 0 Å². The van der Waals surface area contributed by atoms with E-state index < -0.39 is 0 Å². The predicted octanol–water partition coefficient (Wildman–Crippen LogP) is 2.95. The summed E-state index contributed by atoms with van der Waals surface area (Å²) in [5, 5.41) is 4.94. The highest BCUT2D eigenvalue weighted by Gasteiger charge is 2.16. The summed E-state index contributed by atoms with van der Waals surface area (Å²) in [5.74, 6) is -0.729. The van der Waals surface area contributed by atoms with Crippen molar-refractivity contribution in [3.63, 3.8) is 0 Å². The minimum Gasteiger partial charge on any atom is -0.403 e. The first-order valence-electron chi connectivity index (χ1n) is 6.54. The number of nitrogens with two attached hydrogens (primary N) is 1. The average molecular weight is 317 g/mol. The van der Waals surface area contributed by atoms with Crippen LogP contribution in [0.2, 0.25) is 0 Å². The summed E-state index contributed by atoms with van der Waals surface area (Å²) in [7, 11) is 0. The summed E-state index contributed by atoms with van der Waals surface area (Å²) in [6, 6.07) is 9.46. The number of carbonyl (C=O) groups excluding carboxylic acids is 1. The van der Waals surface area contributed by atoms with Crippen LogP contribution < -0.4 is 16.0 Å². The van der Waals surface area contributed by atoms with E-state index in [9.17, 15) is 9.18 Å². The molecule has 0 aliphatic heterocycles. The Morgan fingerprint density at radius 1 is 1.36 bits per heavy atom. The van der Waals surface area contributed by atoms with Crippen LogP contribution in [0.25, 0.3) is 0 Å². The summed E-state index contributed by atoms with van der Waals surface area (Å²) in [6.07, 6.45) is 2.65. The molecule has 22 heavy (non-hydrogen) atoms. The Labute approximate surface area is 132 Å². The second-order valence-corrected chi connectivity index (χ2v) is 5.44. The third-order valence-corrected chi connectivity index (χ3v) is 3.75. The van der Waals surface area contributed by atoms with Crippen LogP contribution in [0.3, 0.4) is 0 Å². The van der Waals surface area contributed by atoms with E-state index >= 15 is 0 Å². The number of nitrogens with zero attached hydrogens (tertiary/aromatic N) is 1. The van der Waals surface area contributed by atoms with Crippen LogP contribution in [-0.2, 0) is 11.3 Å². The zero-order valence-electron chi connectivity index (χ0n) is 11.8. The van der Waals surface area contributed by atoms with E-state index in [-0.39, 0.29) is 17.4 Å². The lowest BCUT2D eigenvalue weighted by Gasteiger charge is -2.20. The second kappa shape index (κ2) is 7.42. The van der Waals surface area contributed by atoms with Gasteiger partial charge >= 0.3 is 0 Å². The van der Waals surface area contributed by atoms with Gasteiger partial charge in [-0.1, -0.05) is 12.6 Å². The predicted molar refractivity (Wildman–Crippen MR) is 87.5 cm³/mol. The molecule has 0 fully saturated rings. The van der Waals surface area contributed by atoms with Crippen LogP contribution in [0, 0.1) is 5.82 Å². The van der Waals surface area contributed by atoms with Gasteiger partial charge in [-0.2, -0.15) is 0 Å². The maximum Gasteiger partial charge on any atom is 0.277 e. The lowest BCUT2D eigenvalue weighted by Crippen LogP contribution is -2.32. The van der Waals surface area contributed by atoms with E-state index in [0.29, 0.717) is 12.2 Å². The molecule has 0 spiro atoms. The number of amides is 1. The Hall–Kier alpha value is -2.60. The largest absolute Gasteiger partial charge is 0.403 e. The number of rotatable bonds is 6. The molecule has 114 valence electrons. The maximum atomic E-state index is 13.0. The Balaban J connectivity index is 2.08. The van der Waals surface area contributed by atoms with Crippen molar-refractivity contribution in [1.29, 1.82) is 0 Å². The van der Waals surface area contributed by atoms with Crippen molar-refractivity contribution < 1.29 is 9.18 Å². The number of thiophene rings is 1.